The van der Waals surface area contributed by atoms with Crippen molar-refractivity contribution in [3.63, 3.8) is 0 Å². The zero-order valence-corrected chi connectivity index (χ0v) is 11.1. The molecule has 0 saturated carbocycles. The Morgan fingerprint density at radius 3 is 2.74 bits per heavy atom. The van der Waals surface area contributed by atoms with Crippen molar-refractivity contribution >= 4 is 16.0 Å². The van der Waals surface area contributed by atoms with Gasteiger partial charge in [0.25, 0.3) is 16.0 Å². The highest BCUT2D eigenvalue weighted by molar-refractivity contribution is 7.92. The van der Waals surface area contributed by atoms with Gasteiger partial charge in [0.15, 0.2) is 0 Å². The number of sulfonamides is 1. The number of nitrogens with one attached hydrogen (secondary N) is 1. The SMILES string of the molecule is CCn1nnc(NS(=O)(=O)c2ccc(C)cc2F)n1. The number of halogens is 1. The van der Waals surface area contributed by atoms with Gasteiger partial charge in [-0.2, -0.15) is 4.80 Å². The van der Waals surface area contributed by atoms with Crippen molar-refractivity contribution in [2.75, 3.05) is 4.72 Å². The lowest BCUT2D eigenvalue weighted by Gasteiger charge is -2.05. The van der Waals surface area contributed by atoms with Crippen LogP contribution in [0.1, 0.15) is 12.5 Å². The average molecular weight is 285 g/mol. The third-order valence-electron chi connectivity index (χ3n) is 2.34. The van der Waals surface area contributed by atoms with Gasteiger partial charge >= 0.3 is 0 Å². The zero-order chi connectivity index (χ0) is 14.0. The Kier molecular flexibility index (Phi) is 3.47. The normalized spacial score (nSPS) is 11.5. The van der Waals surface area contributed by atoms with Crippen LogP contribution in [0.3, 0.4) is 0 Å². The number of hydrogen-bond acceptors (Lipinski definition) is 5. The van der Waals surface area contributed by atoms with Crippen molar-refractivity contribution in [1.29, 1.82) is 0 Å². The Morgan fingerprint density at radius 2 is 2.16 bits per heavy atom. The summed E-state index contributed by atoms with van der Waals surface area (Å²) in [6, 6.07) is 3.84. The van der Waals surface area contributed by atoms with Gasteiger partial charge in [0.05, 0.1) is 6.54 Å². The highest BCUT2D eigenvalue weighted by Crippen LogP contribution is 2.17. The van der Waals surface area contributed by atoms with Crippen LogP contribution in [0.25, 0.3) is 0 Å². The molecule has 2 rings (SSSR count). The van der Waals surface area contributed by atoms with Crippen LogP contribution in [0.5, 0.6) is 0 Å². The van der Waals surface area contributed by atoms with Gasteiger partial charge in [-0.25, -0.2) is 17.5 Å². The first-order valence-corrected chi connectivity index (χ1v) is 6.97. The minimum atomic E-state index is -4.06. The van der Waals surface area contributed by atoms with Crippen molar-refractivity contribution in [3.05, 3.63) is 29.6 Å². The summed E-state index contributed by atoms with van der Waals surface area (Å²) in [6.45, 7) is 3.90. The van der Waals surface area contributed by atoms with Crippen LogP contribution >= 0.6 is 0 Å². The van der Waals surface area contributed by atoms with Crippen molar-refractivity contribution in [1.82, 2.24) is 20.2 Å². The molecule has 9 heteroatoms. The average Bonchev–Trinajstić information content (AvgIpc) is 2.75. The molecule has 0 aliphatic heterocycles. The lowest BCUT2D eigenvalue weighted by atomic mass is 10.2. The van der Waals surface area contributed by atoms with Gasteiger partial charge in [0.2, 0.25) is 0 Å². The zero-order valence-electron chi connectivity index (χ0n) is 10.3. The van der Waals surface area contributed by atoms with Crippen LogP contribution in [-0.4, -0.2) is 28.6 Å². The number of rotatable bonds is 4. The Balaban J connectivity index is 2.32. The fraction of sp³-hybridized carbons (Fsp3) is 0.300. The molecule has 0 aliphatic carbocycles. The van der Waals surface area contributed by atoms with Gasteiger partial charge in [-0.3, -0.25) is 0 Å². The minimum absolute atomic E-state index is 0.193. The van der Waals surface area contributed by atoms with Gasteiger partial charge in [-0.05, 0) is 36.8 Å². The Bertz CT molecular complexity index is 698. The fourth-order valence-electron chi connectivity index (χ4n) is 1.42. The molecule has 0 atom stereocenters. The molecule has 0 amide bonds. The summed E-state index contributed by atoms with van der Waals surface area (Å²) in [5.74, 6) is -1.02. The van der Waals surface area contributed by atoms with E-state index in [4.69, 9.17) is 0 Å². The molecule has 19 heavy (non-hydrogen) atoms. The monoisotopic (exact) mass is 285 g/mol. The second kappa shape index (κ2) is 4.92. The van der Waals surface area contributed by atoms with Crippen LogP contribution in [0.15, 0.2) is 23.1 Å². The lowest BCUT2D eigenvalue weighted by Crippen LogP contribution is -2.16. The maximum Gasteiger partial charge on any atom is 0.277 e. The molecule has 0 spiro atoms. The Morgan fingerprint density at radius 1 is 1.42 bits per heavy atom. The summed E-state index contributed by atoms with van der Waals surface area (Å²) in [5.41, 5.74) is 0.631. The van der Waals surface area contributed by atoms with Crippen molar-refractivity contribution in [2.45, 2.75) is 25.3 Å². The summed E-state index contributed by atoms with van der Waals surface area (Å²) >= 11 is 0. The summed E-state index contributed by atoms with van der Waals surface area (Å²) in [7, 11) is -4.06. The molecule has 0 unspecified atom stereocenters. The molecule has 1 N–H and O–H groups in total. The molecular weight excluding hydrogens is 273 g/mol. The first-order valence-electron chi connectivity index (χ1n) is 5.49. The molecular formula is C10H12FN5O2S. The van der Waals surface area contributed by atoms with Gasteiger partial charge in [-0.15, -0.1) is 5.10 Å². The predicted molar refractivity (Wildman–Crippen MR) is 65.4 cm³/mol. The van der Waals surface area contributed by atoms with E-state index < -0.39 is 20.7 Å². The van der Waals surface area contributed by atoms with Crippen LogP contribution < -0.4 is 4.72 Å². The summed E-state index contributed by atoms with van der Waals surface area (Å²) in [6.07, 6.45) is 0. The highest BCUT2D eigenvalue weighted by atomic mass is 32.2. The first kappa shape index (κ1) is 13.4. The van der Waals surface area contributed by atoms with E-state index in [1.165, 1.54) is 16.9 Å². The van der Waals surface area contributed by atoms with Crippen LogP contribution in [0, 0.1) is 12.7 Å². The Labute approximate surface area is 109 Å². The number of aromatic nitrogens is 4. The number of hydrogen-bond donors (Lipinski definition) is 1. The standard InChI is InChI=1S/C10H12FN5O2S/c1-3-16-13-10(12-15-16)14-19(17,18)9-5-4-7(2)6-8(9)11/h4-6H,3H2,1-2H3,(H,13,14). The largest absolute Gasteiger partial charge is 0.277 e. The number of benzene rings is 1. The van der Waals surface area contributed by atoms with E-state index in [9.17, 15) is 12.8 Å². The van der Waals surface area contributed by atoms with Gasteiger partial charge in [0.1, 0.15) is 10.7 Å². The summed E-state index contributed by atoms with van der Waals surface area (Å²) < 4.78 is 39.6. The topological polar surface area (TPSA) is 89.8 Å². The number of aryl methyl sites for hydroxylation is 2. The molecule has 2 aromatic rings. The van der Waals surface area contributed by atoms with Crippen molar-refractivity contribution in [2.24, 2.45) is 0 Å². The van der Waals surface area contributed by atoms with Crippen molar-refractivity contribution in [3.8, 4) is 0 Å². The summed E-state index contributed by atoms with van der Waals surface area (Å²) in [4.78, 5) is 0.759. The molecule has 1 aromatic heterocycles. The molecule has 0 aliphatic rings. The maximum absolute atomic E-state index is 13.6. The Hall–Kier alpha value is -2.03. The lowest BCUT2D eigenvalue weighted by molar-refractivity contribution is 0.552. The van der Waals surface area contributed by atoms with E-state index in [1.807, 2.05) is 0 Å². The van der Waals surface area contributed by atoms with E-state index in [0.29, 0.717) is 12.1 Å². The number of tetrazole rings is 1. The third kappa shape index (κ3) is 2.87. The van der Waals surface area contributed by atoms with Gasteiger partial charge in [0, 0.05) is 0 Å². The summed E-state index contributed by atoms with van der Waals surface area (Å²) in [5, 5.41) is 10.9. The van der Waals surface area contributed by atoms with Crippen LogP contribution in [0.4, 0.5) is 10.3 Å². The third-order valence-corrected chi connectivity index (χ3v) is 3.70. The van der Waals surface area contributed by atoms with E-state index >= 15 is 0 Å². The molecule has 0 bridgehead atoms. The van der Waals surface area contributed by atoms with E-state index in [2.05, 4.69) is 20.1 Å². The van der Waals surface area contributed by atoms with E-state index in [0.717, 1.165) is 6.07 Å². The molecule has 1 aromatic carbocycles. The predicted octanol–water partition coefficient (Wildman–Crippen LogP) is 0.941. The minimum Gasteiger partial charge on any atom is -0.244 e. The molecule has 0 fully saturated rings. The quantitative estimate of drug-likeness (QED) is 0.903. The molecule has 7 nitrogen and oxygen atoms in total. The second-order valence-corrected chi connectivity index (χ2v) is 5.49. The molecule has 102 valence electrons. The maximum atomic E-state index is 13.6. The first-order chi connectivity index (χ1) is 8.92. The van der Waals surface area contributed by atoms with Crippen LogP contribution in [-0.2, 0) is 16.6 Å². The highest BCUT2D eigenvalue weighted by Gasteiger charge is 2.21. The molecule has 0 radical (unpaired) electrons. The molecule has 1 heterocycles. The second-order valence-electron chi connectivity index (χ2n) is 3.84. The fourth-order valence-corrected chi connectivity index (χ4v) is 2.41. The smallest absolute Gasteiger partial charge is 0.244 e. The van der Waals surface area contributed by atoms with Gasteiger partial charge < -0.3 is 0 Å². The number of anilines is 1. The van der Waals surface area contributed by atoms with E-state index in [-0.39, 0.29) is 5.95 Å². The van der Waals surface area contributed by atoms with Crippen LogP contribution in [0.2, 0.25) is 0 Å². The van der Waals surface area contributed by atoms with Gasteiger partial charge in [-0.1, -0.05) is 11.2 Å². The number of nitrogens with zero attached hydrogens (tertiary/aromatic N) is 4. The van der Waals surface area contributed by atoms with Crippen molar-refractivity contribution < 1.29 is 12.8 Å². The van der Waals surface area contributed by atoms with E-state index in [1.54, 1.807) is 13.8 Å². The molecule has 0 saturated heterocycles.